The van der Waals surface area contributed by atoms with E-state index in [-0.39, 0.29) is 6.04 Å². The molecule has 5 nitrogen and oxygen atoms in total. The number of aromatic nitrogens is 3. The molecule has 0 spiro atoms. The van der Waals surface area contributed by atoms with E-state index in [0.717, 1.165) is 23.8 Å². The highest BCUT2D eigenvalue weighted by atomic mass is 32.1. The van der Waals surface area contributed by atoms with Crippen molar-refractivity contribution in [2.45, 2.75) is 32.2 Å². The number of nitrogens with zero attached hydrogens (tertiary/aromatic N) is 3. The first kappa shape index (κ1) is 11.8. The van der Waals surface area contributed by atoms with Crippen molar-refractivity contribution in [3.8, 4) is 10.7 Å². The van der Waals surface area contributed by atoms with Crippen LogP contribution in [0.25, 0.3) is 10.7 Å². The maximum atomic E-state index is 5.38. The zero-order valence-electron chi connectivity index (χ0n) is 10.3. The topological polar surface area (TPSA) is 63.8 Å². The summed E-state index contributed by atoms with van der Waals surface area (Å²) in [6, 6.07) is 0.206. The molecule has 1 fully saturated rings. The van der Waals surface area contributed by atoms with Crippen molar-refractivity contribution in [1.29, 1.82) is 0 Å². The van der Waals surface area contributed by atoms with Crippen molar-refractivity contribution in [1.82, 2.24) is 20.4 Å². The molecule has 2 unspecified atom stereocenters. The Hall–Kier alpha value is -1.27. The van der Waals surface area contributed by atoms with Crippen molar-refractivity contribution in [3.63, 3.8) is 0 Å². The lowest BCUT2D eigenvalue weighted by atomic mass is 9.90. The molecule has 18 heavy (non-hydrogen) atoms. The average Bonchev–Trinajstić information content (AvgIpc) is 3.09. The summed E-state index contributed by atoms with van der Waals surface area (Å²) in [6.07, 6.45) is 5.31. The highest BCUT2D eigenvalue weighted by Crippen LogP contribution is 2.29. The lowest BCUT2D eigenvalue weighted by Gasteiger charge is -2.27. The maximum Gasteiger partial charge on any atom is 0.244 e. The molecule has 0 radical (unpaired) electrons. The zero-order chi connectivity index (χ0) is 12.4. The van der Waals surface area contributed by atoms with Gasteiger partial charge in [-0.05, 0) is 25.3 Å². The van der Waals surface area contributed by atoms with Crippen LogP contribution < -0.4 is 5.32 Å². The van der Waals surface area contributed by atoms with Gasteiger partial charge in [-0.25, -0.2) is 0 Å². The van der Waals surface area contributed by atoms with Gasteiger partial charge in [-0.3, -0.25) is 4.98 Å². The molecule has 0 aromatic carbocycles. The summed E-state index contributed by atoms with van der Waals surface area (Å²) in [5, 5.41) is 7.48. The predicted molar refractivity (Wildman–Crippen MR) is 69.2 cm³/mol. The Bertz CT molecular complexity index is 496. The van der Waals surface area contributed by atoms with Crippen LogP contribution in [-0.2, 0) is 0 Å². The van der Waals surface area contributed by atoms with E-state index in [0.29, 0.717) is 11.7 Å². The Morgan fingerprint density at radius 2 is 2.50 bits per heavy atom. The van der Waals surface area contributed by atoms with Crippen LogP contribution in [0.3, 0.4) is 0 Å². The molecule has 0 saturated carbocycles. The zero-order valence-corrected chi connectivity index (χ0v) is 11.1. The second kappa shape index (κ2) is 5.16. The summed E-state index contributed by atoms with van der Waals surface area (Å²) in [4.78, 5) is 9.45. The summed E-state index contributed by atoms with van der Waals surface area (Å²) in [5.41, 5.74) is 1.78. The van der Waals surface area contributed by atoms with E-state index in [9.17, 15) is 0 Å². The second-order valence-electron chi connectivity index (χ2n) is 4.63. The fourth-order valence-electron chi connectivity index (χ4n) is 2.36. The molecule has 1 N–H and O–H groups in total. The van der Waals surface area contributed by atoms with Gasteiger partial charge in [0.05, 0.1) is 16.4 Å². The van der Waals surface area contributed by atoms with E-state index in [1.165, 1.54) is 24.2 Å². The van der Waals surface area contributed by atoms with Crippen molar-refractivity contribution in [2.75, 3.05) is 6.54 Å². The molecular formula is C12H16N4OS. The van der Waals surface area contributed by atoms with Crippen molar-refractivity contribution in [3.05, 3.63) is 17.6 Å². The lowest BCUT2D eigenvalue weighted by Crippen LogP contribution is -2.31. The second-order valence-corrected chi connectivity index (χ2v) is 5.51. The molecule has 0 amide bonds. The largest absolute Gasteiger partial charge is 0.337 e. The molecule has 6 heteroatoms. The summed E-state index contributed by atoms with van der Waals surface area (Å²) in [7, 11) is 0. The van der Waals surface area contributed by atoms with Crippen LogP contribution in [0.15, 0.2) is 16.2 Å². The van der Waals surface area contributed by atoms with Crippen molar-refractivity contribution < 1.29 is 4.52 Å². The molecular weight excluding hydrogens is 248 g/mol. The van der Waals surface area contributed by atoms with Gasteiger partial charge in [0.2, 0.25) is 11.7 Å². The summed E-state index contributed by atoms with van der Waals surface area (Å²) in [5.74, 6) is 2.11. The number of rotatable bonds is 3. The van der Waals surface area contributed by atoms with Gasteiger partial charge < -0.3 is 9.84 Å². The Labute approximate surface area is 110 Å². The monoisotopic (exact) mass is 264 g/mol. The summed E-state index contributed by atoms with van der Waals surface area (Å²) < 4.78 is 5.38. The number of hydrogen-bond acceptors (Lipinski definition) is 6. The standard InChI is InChI=1S/C12H16N4OS/c1-2-8-3-4-14-9(5-8)12-15-11(16-17-12)10-6-13-7-18-10/h6-9,14H,2-5H2,1H3. The SMILES string of the molecule is CCC1CCNC(c2nc(-c3cncs3)no2)C1. The van der Waals surface area contributed by atoms with Crippen LogP contribution in [-0.4, -0.2) is 21.7 Å². The highest BCUT2D eigenvalue weighted by molar-refractivity contribution is 7.13. The number of hydrogen-bond donors (Lipinski definition) is 1. The fourth-order valence-corrected chi connectivity index (χ4v) is 2.90. The van der Waals surface area contributed by atoms with Crippen LogP contribution in [0.4, 0.5) is 0 Å². The van der Waals surface area contributed by atoms with Crippen LogP contribution in [0.2, 0.25) is 0 Å². The molecule has 96 valence electrons. The minimum absolute atomic E-state index is 0.206. The Balaban J connectivity index is 1.77. The molecule has 2 atom stereocenters. The Kier molecular flexibility index (Phi) is 3.38. The molecule has 1 aliphatic heterocycles. The summed E-state index contributed by atoms with van der Waals surface area (Å²) >= 11 is 1.52. The van der Waals surface area contributed by atoms with E-state index in [4.69, 9.17) is 4.52 Å². The lowest BCUT2D eigenvalue weighted by molar-refractivity contribution is 0.246. The molecule has 1 aliphatic rings. The third-order valence-corrected chi connectivity index (χ3v) is 4.25. The third-order valence-electron chi connectivity index (χ3n) is 3.48. The number of thiazole rings is 1. The average molecular weight is 264 g/mol. The quantitative estimate of drug-likeness (QED) is 0.923. The van der Waals surface area contributed by atoms with Gasteiger partial charge in [0.1, 0.15) is 0 Å². The van der Waals surface area contributed by atoms with Gasteiger partial charge in [-0.15, -0.1) is 11.3 Å². The van der Waals surface area contributed by atoms with Gasteiger partial charge >= 0.3 is 0 Å². The molecule has 3 heterocycles. The normalized spacial score (nSPS) is 24.3. The predicted octanol–water partition coefficient (Wildman–Crippen LogP) is 2.64. The van der Waals surface area contributed by atoms with E-state index >= 15 is 0 Å². The number of piperidine rings is 1. The van der Waals surface area contributed by atoms with E-state index in [1.807, 2.05) is 0 Å². The molecule has 0 bridgehead atoms. The van der Waals surface area contributed by atoms with Crippen LogP contribution >= 0.6 is 11.3 Å². The van der Waals surface area contributed by atoms with Gasteiger partial charge in [-0.2, -0.15) is 4.98 Å². The Morgan fingerprint density at radius 1 is 1.56 bits per heavy atom. The van der Waals surface area contributed by atoms with E-state index < -0.39 is 0 Å². The fraction of sp³-hybridized carbons (Fsp3) is 0.583. The molecule has 0 aliphatic carbocycles. The van der Waals surface area contributed by atoms with Crippen LogP contribution in [0.5, 0.6) is 0 Å². The van der Waals surface area contributed by atoms with E-state index in [1.54, 1.807) is 11.7 Å². The van der Waals surface area contributed by atoms with Crippen LogP contribution in [0, 0.1) is 5.92 Å². The Morgan fingerprint density at radius 3 is 3.28 bits per heavy atom. The van der Waals surface area contributed by atoms with Crippen molar-refractivity contribution >= 4 is 11.3 Å². The highest BCUT2D eigenvalue weighted by Gasteiger charge is 2.26. The smallest absolute Gasteiger partial charge is 0.244 e. The minimum atomic E-state index is 0.206. The van der Waals surface area contributed by atoms with Gasteiger partial charge in [0, 0.05) is 6.20 Å². The van der Waals surface area contributed by atoms with Gasteiger partial charge in [0.25, 0.3) is 0 Å². The molecule has 1 saturated heterocycles. The molecule has 2 aromatic rings. The first-order valence-electron chi connectivity index (χ1n) is 6.32. The van der Waals surface area contributed by atoms with Gasteiger partial charge in [0.15, 0.2) is 0 Å². The van der Waals surface area contributed by atoms with Gasteiger partial charge in [-0.1, -0.05) is 18.5 Å². The molecule has 3 rings (SSSR count). The third kappa shape index (κ3) is 2.30. The maximum absolute atomic E-state index is 5.38. The number of nitrogens with one attached hydrogen (secondary N) is 1. The summed E-state index contributed by atoms with van der Waals surface area (Å²) in [6.45, 7) is 3.27. The minimum Gasteiger partial charge on any atom is -0.337 e. The van der Waals surface area contributed by atoms with Crippen LogP contribution in [0.1, 0.15) is 38.1 Å². The first-order chi connectivity index (χ1) is 8.86. The first-order valence-corrected chi connectivity index (χ1v) is 7.20. The van der Waals surface area contributed by atoms with E-state index in [2.05, 4.69) is 27.4 Å². The van der Waals surface area contributed by atoms with Crippen molar-refractivity contribution in [2.24, 2.45) is 5.92 Å². The molecule has 2 aromatic heterocycles.